The number of ether oxygens (including phenoxy) is 1. The molecule has 3 aromatic rings. The number of hydrogen-bond acceptors (Lipinski definition) is 4. The Morgan fingerprint density at radius 1 is 1.06 bits per heavy atom. The number of benzene rings is 2. The topological polar surface area (TPSA) is 65.6 Å². The van der Waals surface area contributed by atoms with Crippen molar-refractivity contribution in [3.63, 3.8) is 0 Å². The van der Waals surface area contributed by atoms with Gasteiger partial charge in [0.15, 0.2) is 11.6 Å². The largest absolute Gasteiger partial charge is 0.378 e. The smallest absolute Gasteiger partial charge is 0.264 e. The van der Waals surface area contributed by atoms with Crippen molar-refractivity contribution in [3.05, 3.63) is 93.4 Å². The Morgan fingerprint density at radius 2 is 1.88 bits per heavy atom. The Morgan fingerprint density at radius 3 is 2.64 bits per heavy atom. The molecule has 170 valence electrons. The van der Waals surface area contributed by atoms with E-state index < -0.39 is 29.1 Å². The van der Waals surface area contributed by atoms with E-state index in [1.807, 2.05) is 12.1 Å². The third-order valence-corrected chi connectivity index (χ3v) is 6.33. The lowest BCUT2D eigenvalue weighted by atomic mass is 10.0. The Bertz CT molecular complexity index is 1250. The fraction of sp³-hybridized carbons (Fsp3) is 0.280. The van der Waals surface area contributed by atoms with Crippen LogP contribution in [0.15, 0.2) is 59.5 Å². The van der Waals surface area contributed by atoms with E-state index >= 15 is 0 Å². The maximum absolute atomic E-state index is 14.2. The highest BCUT2D eigenvalue weighted by Gasteiger charge is 2.35. The average molecular weight is 451 g/mol. The molecule has 2 heterocycles. The Hall–Kier alpha value is -3.52. The van der Waals surface area contributed by atoms with Gasteiger partial charge in [-0.15, -0.1) is 0 Å². The van der Waals surface area contributed by atoms with Crippen LogP contribution in [-0.2, 0) is 11.2 Å². The molecule has 1 atom stereocenters. The van der Waals surface area contributed by atoms with E-state index in [4.69, 9.17) is 4.74 Å². The molecule has 2 aromatic carbocycles. The molecule has 33 heavy (non-hydrogen) atoms. The normalized spacial score (nSPS) is 17.6. The second kappa shape index (κ2) is 8.78. The van der Waals surface area contributed by atoms with Crippen LogP contribution in [0.2, 0.25) is 0 Å². The summed E-state index contributed by atoms with van der Waals surface area (Å²) in [6.45, 7) is 2.88. The highest BCUT2D eigenvalue weighted by Crippen LogP contribution is 2.43. The first-order valence-electron chi connectivity index (χ1n) is 11.0. The van der Waals surface area contributed by atoms with Gasteiger partial charge in [-0.05, 0) is 54.3 Å². The number of amides is 1. The van der Waals surface area contributed by atoms with Gasteiger partial charge >= 0.3 is 0 Å². The molecule has 0 saturated carbocycles. The molecular formula is C25H23F2N3O3. The van der Waals surface area contributed by atoms with Crippen molar-refractivity contribution in [2.45, 2.75) is 18.9 Å². The number of morpholine rings is 1. The fourth-order valence-electron chi connectivity index (χ4n) is 4.78. The summed E-state index contributed by atoms with van der Waals surface area (Å²) < 4.78 is 33.3. The number of nitrogens with one attached hydrogen (secondary N) is 1. The van der Waals surface area contributed by atoms with E-state index in [0.717, 1.165) is 48.5 Å². The number of anilines is 2. The van der Waals surface area contributed by atoms with E-state index in [0.29, 0.717) is 19.6 Å². The zero-order valence-corrected chi connectivity index (χ0v) is 17.9. The van der Waals surface area contributed by atoms with Crippen LogP contribution in [0.25, 0.3) is 0 Å². The number of carbonyl (C=O) groups is 1. The zero-order valence-electron chi connectivity index (χ0n) is 17.9. The molecule has 0 radical (unpaired) electrons. The fourth-order valence-corrected chi connectivity index (χ4v) is 4.78. The maximum Gasteiger partial charge on any atom is 0.264 e. The number of H-pyrrole nitrogens is 1. The van der Waals surface area contributed by atoms with Gasteiger partial charge in [0.25, 0.3) is 11.5 Å². The lowest BCUT2D eigenvalue weighted by Gasteiger charge is -2.32. The molecular weight excluding hydrogens is 428 g/mol. The van der Waals surface area contributed by atoms with E-state index in [1.54, 1.807) is 6.07 Å². The molecule has 1 unspecified atom stereocenters. The first kappa shape index (κ1) is 21.3. The minimum Gasteiger partial charge on any atom is -0.378 e. The monoisotopic (exact) mass is 451 g/mol. The van der Waals surface area contributed by atoms with Crippen LogP contribution in [0.4, 0.5) is 20.2 Å². The molecule has 1 aliphatic heterocycles. The molecule has 1 aromatic heterocycles. The van der Waals surface area contributed by atoms with Gasteiger partial charge in [-0.1, -0.05) is 12.1 Å². The molecule has 5 rings (SSSR count). The second-order valence-electron chi connectivity index (χ2n) is 8.19. The number of hydrogen-bond donors (Lipinski definition) is 1. The first-order valence-corrected chi connectivity index (χ1v) is 11.0. The molecule has 0 spiro atoms. The summed E-state index contributed by atoms with van der Waals surface area (Å²) in [5, 5.41) is 0. The van der Waals surface area contributed by atoms with Gasteiger partial charge in [0.05, 0.1) is 19.3 Å². The van der Waals surface area contributed by atoms with Crippen molar-refractivity contribution in [2.75, 3.05) is 36.1 Å². The lowest BCUT2D eigenvalue weighted by molar-refractivity contribution is 0.0974. The Labute approximate surface area is 189 Å². The summed E-state index contributed by atoms with van der Waals surface area (Å²) in [5.74, 6) is -2.60. The highest BCUT2D eigenvalue weighted by molar-refractivity contribution is 6.06. The van der Waals surface area contributed by atoms with Gasteiger partial charge in [-0.3, -0.25) is 9.59 Å². The number of nitrogens with zero attached hydrogens (tertiary/aromatic N) is 2. The van der Waals surface area contributed by atoms with E-state index in [-0.39, 0.29) is 11.3 Å². The molecule has 0 bridgehead atoms. The van der Waals surface area contributed by atoms with Crippen LogP contribution in [0.1, 0.15) is 33.9 Å². The quantitative estimate of drug-likeness (QED) is 0.655. The highest BCUT2D eigenvalue weighted by atomic mass is 19.2. The van der Waals surface area contributed by atoms with Crippen LogP contribution >= 0.6 is 0 Å². The zero-order chi connectivity index (χ0) is 22.9. The van der Waals surface area contributed by atoms with Crippen LogP contribution in [0.3, 0.4) is 0 Å². The Kier molecular flexibility index (Phi) is 5.68. The standard InChI is InChI=1S/C25H23F2N3O3/c26-20-8-6-16(15-21(20)27)30(25(32)19-4-2-10-28-24(19)31)23-9-7-18-17(23)3-1-5-22(18)29-11-13-33-14-12-29/h1-6,8,10,15,23H,7,9,11-14H2,(H,28,31). The second-order valence-corrected chi connectivity index (χ2v) is 8.19. The van der Waals surface area contributed by atoms with Crippen LogP contribution < -0.4 is 15.4 Å². The number of halogens is 2. The number of fused-ring (bicyclic) bond motifs is 1. The van der Waals surface area contributed by atoms with Gasteiger partial charge in [0.1, 0.15) is 5.56 Å². The molecule has 1 fully saturated rings. The van der Waals surface area contributed by atoms with Crippen molar-refractivity contribution in [2.24, 2.45) is 0 Å². The molecule has 1 N–H and O–H groups in total. The van der Waals surface area contributed by atoms with E-state index in [9.17, 15) is 18.4 Å². The number of aromatic amines is 1. The first-order chi connectivity index (χ1) is 16.0. The van der Waals surface area contributed by atoms with Crippen molar-refractivity contribution in [3.8, 4) is 0 Å². The lowest BCUT2D eigenvalue weighted by Crippen LogP contribution is -2.38. The molecule has 1 aliphatic carbocycles. The molecule has 6 nitrogen and oxygen atoms in total. The number of carbonyl (C=O) groups excluding carboxylic acids is 1. The van der Waals surface area contributed by atoms with Gasteiger partial charge in [-0.25, -0.2) is 8.78 Å². The van der Waals surface area contributed by atoms with Gasteiger partial charge in [-0.2, -0.15) is 0 Å². The molecule has 8 heteroatoms. The van der Waals surface area contributed by atoms with Gasteiger partial charge in [0.2, 0.25) is 0 Å². The Balaban J connectivity index is 1.60. The van der Waals surface area contributed by atoms with Crippen LogP contribution in [-0.4, -0.2) is 37.2 Å². The minimum atomic E-state index is -1.05. The summed E-state index contributed by atoms with van der Waals surface area (Å²) >= 11 is 0. The molecule has 1 amide bonds. The summed E-state index contributed by atoms with van der Waals surface area (Å²) in [4.78, 5) is 32.2. The third kappa shape index (κ3) is 3.91. The summed E-state index contributed by atoms with van der Waals surface area (Å²) in [7, 11) is 0. The van der Waals surface area contributed by atoms with Crippen LogP contribution in [0, 0.1) is 11.6 Å². The summed E-state index contributed by atoms with van der Waals surface area (Å²) in [5.41, 5.74) is 2.80. The molecule has 2 aliphatic rings. The third-order valence-electron chi connectivity index (χ3n) is 6.33. The summed E-state index contributed by atoms with van der Waals surface area (Å²) in [6, 6.07) is 11.9. The number of pyridine rings is 1. The maximum atomic E-state index is 14.2. The predicted molar refractivity (Wildman–Crippen MR) is 121 cm³/mol. The van der Waals surface area contributed by atoms with E-state index in [1.165, 1.54) is 23.2 Å². The number of rotatable bonds is 4. The van der Waals surface area contributed by atoms with Crippen molar-refractivity contribution < 1.29 is 18.3 Å². The number of aromatic nitrogens is 1. The minimum absolute atomic E-state index is 0.0555. The average Bonchev–Trinajstić information content (AvgIpc) is 3.26. The van der Waals surface area contributed by atoms with Crippen molar-refractivity contribution in [1.82, 2.24) is 4.98 Å². The van der Waals surface area contributed by atoms with Crippen LogP contribution in [0.5, 0.6) is 0 Å². The molecule has 1 saturated heterocycles. The van der Waals surface area contributed by atoms with Gasteiger partial charge in [0, 0.05) is 36.7 Å². The summed E-state index contributed by atoms with van der Waals surface area (Å²) in [6.07, 6.45) is 2.78. The SMILES string of the molecule is O=C(c1ccc[nH]c1=O)N(c1ccc(F)c(F)c1)C1CCc2c1cccc2N1CCOCC1. The van der Waals surface area contributed by atoms with Gasteiger partial charge < -0.3 is 19.5 Å². The predicted octanol–water partition coefficient (Wildman–Crippen LogP) is 3.82. The van der Waals surface area contributed by atoms with E-state index in [2.05, 4.69) is 16.0 Å². The van der Waals surface area contributed by atoms with Crippen molar-refractivity contribution in [1.29, 1.82) is 0 Å². The van der Waals surface area contributed by atoms with Crippen molar-refractivity contribution >= 4 is 17.3 Å².